The quantitative estimate of drug-likeness (QED) is 0.860. The summed E-state index contributed by atoms with van der Waals surface area (Å²) in [5.41, 5.74) is 3.46. The largest absolute Gasteiger partial charge is 0.467 e. The van der Waals surface area contributed by atoms with Crippen molar-refractivity contribution >= 4 is 17.6 Å². The molecule has 0 radical (unpaired) electrons. The van der Waals surface area contributed by atoms with Crippen LogP contribution in [0, 0.1) is 13.8 Å². The van der Waals surface area contributed by atoms with E-state index in [4.69, 9.17) is 4.74 Å². The zero-order valence-corrected chi connectivity index (χ0v) is 14.5. The van der Waals surface area contributed by atoms with Crippen LogP contribution in [0.1, 0.15) is 24.2 Å². The van der Waals surface area contributed by atoms with Crippen LogP contribution < -0.4 is 5.32 Å². The maximum Gasteiger partial charge on any atom is 0.335 e. The lowest BCUT2D eigenvalue weighted by molar-refractivity contribution is -0.154. The van der Waals surface area contributed by atoms with Gasteiger partial charge in [0.15, 0.2) is 6.10 Å². The van der Waals surface area contributed by atoms with Crippen LogP contribution in [0.5, 0.6) is 0 Å². The lowest BCUT2D eigenvalue weighted by Gasteiger charge is -2.13. The van der Waals surface area contributed by atoms with Gasteiger partial charge in [-0.25, -0.2) is 9.48 Å². The van der Waals surface area contributed by atoms with Gasteiger partial charge >= 0.3 is 5.97 Å². The molecule has 1 aromatic heterocycles. The van der Waals surface area contributed by atoms with Gasteiger partial charge < -0.3 is 14.8 Å². The Balaban J connectivity index is 1.69. The average Bonchev–Trinajstić information content (AvgIpc) is 3.21. The minimum absolute atomic E-state index is 0.267. The summed E-state index contributed by atoms with van der Waals surface area (Å²) in [5, 5.41) is 7.29. The molecule has 0 spiro atoms. The van der Waals surface area contributed by atoms with Crippen molar-refractivity contribution in [3.63, 3.8) is 0 Å². The molecule has 1 aromatic carbocycles. The molecule has 25 heavy (non-hydrogen) atoms. The van der Waals surface area contributed by atoms with Gasteiger partial charge in [-0.05, 0) is 51.0 Å². The Kier molecular flexibility index (Phi) is 4.85. The van der Waals surface area contributed by atoms with Crippen LogP contribution >= 0.6 is 0 Å². The summed E-state index contributed by atoms with van der Waals surface area (Å²) in [6.45, 7) is 3.91. The predicted octanol–water partition coefficient (Wildman–Crippen LogP) is 2.15. The van der Waals surface area contributed by atoms with Crippen LogP contribution in [0.25, 0.3) is 5.69 Å². The van der Waals surface area contributed by atoms with Crippen LogP contribution in [0.15, 0.2) is 30.3 Å². The van der Waals surface area contributed by atoms with Gasteiger partial charge in [-0.3, -0.25) is 4.79 Å². The third-order valence-electron chi connectivity index (χ3n) is 4.14. The van der Waals surface area contributed by atoms with Gasteiger partial charge in [-0.2, -0.15) is 5.10 Å². The van der Waals surface area contributed by atoms with Crippen molar-refractivity contribution in [3.8, 4) is 5.69 Å². The molecule has 1 saturated heterocycles. The molecule has 2 heterocycles. The summed E-state index contributed by atoms with van der Waals surface area (Å²) in [5.74, 6) is -0.709. The number of amides is 1. The lowest BCUT2D eigenvalue weighted by Crippen LogP contribution is -2.30. The number of aryl methyl sites for hydroxylation is 2. The van der Waals surface area contributed by atoms with Crippen molar-refractivity contribution < 1.29 is 19.1 Å². The number of methoxy groups -OCH3 is 1. The Morgan fingerprint density at radius 3 is 2.68 bits per heavy atom. The fourth-order valence-corrected chi connectivity index (χ4v) is 2.96. The van der Waals surface area contributed by atoms with Gasteiger partial charge in [0.05, 0.1) is 18.5 Å². The summed E-state index contributed by atoms with van der Waals surface area (Å²) >= 11 is 0. The van der Waals surface area contributed by atoms with Crippen molar-refractivity contribution in [2.24, 2.45) is 0 Å². The summed E-state index contributed by atoms with van der Waals surface area (Å²) in [4.78, 5) is 23.9. The fourth-order valence-electron chi connectivity index (χ4n) is 2.96. The van der Waals surface area contributed by atoms with E-state index >= 15 is 0 Å². The molecule has 1 aliphatic heterocycles. The molecule has 7 heteroatoms. The molecule has 0 aliphatic carbocycles. The normalized spacial score (nSPS) is 19.6. The van der Waals surface area contributed by atoms with Gasteiger partial charge in [0.2, 0.25) is 0 Å². The monoisotopic (exact) mass is 343 g/mol. The number of carbonyl (C=O) groups is 2. The number of nitrogens with one attached hydrogen (secondary N) is 1. The second-order valence-electron chi connectivity index (χ2n) is 6.09. The van der Waals surface area contributed by atoms with Gasteiger partial charge in [0.25, 0.3) is 5.91 Å². The Bertz CT molecular complexity index is 799. The zero-order valence-electron chi connectivity index (χ0n) is 14.5. The Labute approximate surface area is 145 Å². The number of nitrogens with zero attached hydrogens (tertiary/aromatic N) is 2. The van der Waals surface area contributed by atoms with E-state index in [1.165, 1.54) is 7.11 Å². The molecule has 2 aromatic rings. The molecular weight excluding hydrogens is 322 g/mol. The minimum Gasteiger partial charge on any atom is -0.467 e. The molecule has 2 atom stereocenters. The first kappa shape index (κ1) is 17.2. The number of hydrogen-bond donors (Lipinski definition) is 1. The summed E-state index contributed by atoms with van der Waals surface area (Å²) in [6.07, 6.45) is -0.345. The predicted molar refractivity (Wildman–Crippen MR) is 91.6 cm³/mol. The second-order valence-corrected chi connectivity index (χ2v) is 6.09. The zero-order chi connectivity index (χ0) is 18.0. The van der Waals surface area contributed by atoms with E-state index in [-0.39, 0.29) is 5.91 Å². The van der Waals surface area contributed by atoms with Crippen molar-refractivity contribution in [1.29, 1.82) is 0 Å². The van der Waals surface area contributed by atoms with E-state index < -0.39 is 18.2 Å². The molecule has 3 rings (SSSR count). The summed E-state index contributed by atoms with van der Waals surface area (Å²) in [6, 6.07) is 9.43. The van der Waals surface area contributed by atoms with E-state index in [0.717, 1.165) is 17.1 Å². The van der Waals surface area contributed by atoms with Gasteiger partial charge in [0, 0.05) is 11.4 Å². The highest BCUT2D eigenvalue weighted by atomic mass is 16.6. The number of hydrogen-bond acceptors (Lipinski definition) is 5. The maximum atomic E-state index is 12.4. The molecule has 1 fully saturated rings. The molecule has 1 aliphatic rings. The standard InChI is InChI=1S/C18H21N3O4/c1-11-9-12(2)21(20-11)14-6-4-5-13(10-14)19-17(22)15-7-8-16(25-15)18(23)24-3/h4-6,9-10,15-16H,7-8H2,1-3H3,(H,19,22)/t15-,16+/m0/s1. The molecule has 132 valence electrons. The van der Waals surface area contributed by atoms with E-state index in [0.29, 0.717) is 18.5 Å². The highest BCUT2D eigenvalue weighted by Gasteiger charge is 2.35. The first-order valence-corrected chi connectivity index (χ1v) is 8.16. The van der Waals surface area contributed by atoms with E-state index in [1.54, 1.807) is 6.07 Å². The molecule has 0 bridgehead atoms. The average molecular weight is 343 g/mol. The third kappa shape index (κ3) is 3.71. The number of aromatic nitrogens is 2. The maximum absolute atomic E-state index is 12.4. The van der Waals surface area contributed by atoms with Crippen LogP contribution in [-0.4, -0.2) is 41.0 Å². The Hall–Kier alpha value is -2.67. The molecule has 0 unspecified atom stereocenters. The van der Waals surface area contributed by atoms with Crippen molar-refractivity contribution in [3.05, 3.63) is 41.7 Å². The third-order valence-corrected chi connectivity index (χ3v) is 4.14. The van der Waals surface area contributed by atoms with Crippen molar-refractivity contribution in [2.75, 3.05) is 12.4 Å². The number of rotatable bonds is 4. The smallest absolute Gasteiger partial charge is 0.335 e. The van der Waals surface area contributed by atoms with E-state index in [2.05, 4.69) is 15.2 Å². The van der Waals surface area contributed by atoms with Gasteiger partial charge in [-0.1, -0.05) is 6.07 Å². The number of benzene rings is 1. The van der Waals surface area contributed by atoms with E-state index in [1.807, 2.05) is 42.8 Å². The number of esters is 1. The highest BCUT2D eigenvalue weighted by molar-refractivity contribution is 5.95. The van der Waals surface area contributed by atoms with Crippen LogP contribution in [0.2, 0.25) is 0 Å². The van der Waals surface area contributed by atoms with Gasteiger partial charge in [0.1, 0.15) is 6.10 Å². The van der Waals surface area contributed by atoms with Crippen LogP contribution in [-0.2, 0) is 19.1 Å². The summed E-state index contributed by atoms with van der Waals surface area (Å²) < 4.78 is 12.0. The molecular formula is C18H21N3O4. The Morgan fingerprint density at radius 2 is 2.00 bits per heavy atom. The number of anilines is 1. The SMILES string of the molecule is COC(=O)[C@H]1CC[C@@H](C(=O)Nc2cccc(-n3nc(C)cc3C)c2)O1. The summed E-state index contributed by atoms with van der Waals surface area (Å²) in [7, 11) is 1.31. The van der Waals surface area contributed by atoms with Crippen molar-refractivity contribution in [1.82, 2.24) is 9.78 Å². The molecule has 1 amide bonds. The topological polar surface area (TPSA) is 82.5 Å². The number of carbonyl (C=O) groups excluding carboxylic acids is 2. The number of ether oxygens (including phenoxy) is 2. The van der Waals surface area contributed by atoms with Gasteiger partial charge in [-0.15, -0.1) is 0 Å². The fraction of sp³-hybridized carbons (Fsp3) is 0.389. The molecule has 7 nitrogen and oxygen atoms in total. The Morgan fingerprint density at radius 1 is 1.24 bits per heavy atom. The first-order valence-electron chi connectivity index (χ1n) is 8.16. The van der Waals surface area contributed by atoms with Crippen LogP contribution in [0.4, 0.5) is 5.69 Å². The lowest BCUT2D eigenvalue weighted by atomic mass is 10.2. The van der Waals surface area contributed by atoms with Crippen molar-refractivity contribution in [2.45, 2.75) is 38.9 Å². The minimum atomic E-state index is -0.665. The van der Waals surface area contributed by atoms with E-state index in [9.17, 15) is 9.59 Å². The first-order chi connectivity index (χ1) is 12.0. The molecule has 1 N–H and O–H groups in total. The molecule has 0 saturated carbocycles. The highest BCUT2D eigenvalue weighted by Crippen LogP contribution is 2.23. The second kappa shape index (κ2) is 7.06. The van der Waals surface area contributed by atoms with Crippen LogP contribution in [0.3, 0.4) is 0 Å².